The number of rotatable bonds is 3. The Morgan fingerprint density at radius 2 is 2.09 bits per heavy atom. The van der Waals surface area contributed by atoms with Crippen molar-refractivity contribution >= 4 is 17.0 Å². The van der Waals surface area contributed by atoms with Crippen LogP contribution in [0.1, 0.15) is 28.5 Å². The number of fused-ring (bicyclic) bond motifs is 1. The van der Waals surface area contributed by atoms with Gasteiger partial charge in [0.25, 0.3) is 5.56 Å². The van der Waals surface area contributed by atoms with Gasteiger partial charge in [0.1, 0.15) is 11.2 Å². The lowest BCUT2D eigenvalue weighted by Gasteiger charge is -2.09. The number of aromatic nitrogens is 3. The molecule has 0 amide bonds. The maximum atomic E-state index is 12.0. The van der Waals surface area contributed by atoms with Gasteiger partial charge in [-0.1, -0.05) is 6.92 Å². The molecule has 0 atom stereocenters. The van der Waals surface area contributed by atoms with Gasteiger partial charge in [0.2, 0.25) is 0 Å². The summed E-state index contributed by atoms with van der Waals surface area (Å²) in [6.45, 7) is 3.92. The summed E-state index contributed by atoms with van der Waals surface area (Å²) < 4.78 is 2.00. The van der Waals surface area contributed by atoms with Crippen LogP contribution in [0.4, 0.5) is 0 Å². The molecule has 3 aromatic rings. The van der Waals surface area contributed by atoms with E-state index < -0.39 is 11.5 Å². The average molecular weight is 311 g/mol. The van der Waals surface area contributed by atoms with Crippen LogP contribution in [0.2, 0.25) is 0 Å². The number of aromatic carboxylic acids is 1. The van der Waals surface area contributed by atoms with Crippen molar-refractivity contribution in [2.24, 2.45) is 7.05 Å². The van der Waals surface area contributed by atoms with E-state index >= 15 is 0 Å². The molecule has 3 heterocycles. The third kappa shape index (κ3) is 2.42. The van der Waals surface area contributed by atoms with E-state index in [1.165, 1.54) is 6.07 Å². The molecule has 3 rings (SSSR count). The summed E-state index contributed by atoms with van der Waals surface area (Å²) in [6, 6.07) is 5.43. The van der Waals surface area contributed by atoms with Gasteiger partial charge in [-0.25, -0.2) is 9.78 Å². The fraction of sp³-hybridized carbons (Fsp3) is 0.235. The number of H-pyrrole nitrogens is 1. The first-order valence-electron chi connectivity index (χ1n) is 7.34. The number of carboxylic acid groups (broad SMARTS) is 1. The predicted octanol–water partition coefficient (Wildman–Crippen LogP) is 2.50. The van der Waals surface area contributed by atoms with E-state index in [0.29, 0.717) is 12.1 Å². The standard InChI is InChI=1S/C17H17N3O3/c1-4-10-7-13(17(22)23)16(21)19-14(10)12-6-11-5-9(2)20(3)15(11)18-8-12/h5-8H,4H2,1-3H3,(H,19,21)(H,22,23). The van der Waals surface area contributed by atoms with Crippen LogP contribution in [0.3, 0.4) is 0 Å². The van der Waals surface area contributed by atoms with Gasteiger partial charge in [0.05, 0.1) is 5.69 Å². The van der Waals surface area contributed by atoms with Crippen molar-refractivity contribution in [2.75, 3.05) is 0 Å². The number of carbonyl (C=O) groups is 1. The summed E-state index contributed by atoms with van der Waals surface area (Å²) in [5, 5.41) is 10.1. The molecule has 23 heavy (non-hydrogen) atoms. The second-order valence-electron chi connectivity index (χ2n) is 5.55. The highest BCUT2D eigenvalue weighted by Gasteiger charge is 2.15. The second-order valence-corrected chi connectivity index (χ2v) is 5.55. The van der Waals surface area contributed by atoms with E-state index in [1.54, 1.807) is 6.20 Å². The Hall–Kier alpha value is -2.89. The van der Waals surface area contributed by atoms with Gasteiger partial charge in [0, 0.05) is 29.9 Å². The molecule has 0 aliphatic heterocycles. The van der Waals surface area contributed by atoms with Gasteiger partial charge in [-0.2, -0.15) is 0 Å². The highest BCUT2D eigenvalue weighted by molar-refractivity contribution is 5.88. The lowest BCUT2D eigenvalue weighted by Crippen LogP contribution is -2.19. The molecule has 0 bridgehead atoms. The zero-order valence-corrected chi connectivity index (χ0v) is 13.2. The fourth-order valence-electron chi connectivity index (χ4n) is 2.76. The lowest BCUT2D eigenvalue weighted by molar-refractivity contribution is 0.0695. The van der Waals surface area contributed by atoms with Crippen molar-refractivity contribution in [2.45, 2.75) is 20.3 Å². The summed E-state index contributed by atoms with van der Waals surface area (Å²) >= 11 is 0. The Kier molecular flexibility index (Phi) is 3.52. The Bertz CT molecular complexity index is 983. The molecule has 0 aliphatic carbocycles. The van der Waals surface area contributed by atoms with Crippen molar-refractivity contribution < 1.29 is 9.90 Å². The SMILES string of the molecule is CCc1cc(C(=O)O)c(=O)[nH]c1-c1cnc2c(c1)cc(C)n2C. The van der Waals surface area contributed by atoms with Crippen LogP contribution in [0.25, 0.3) is 22.3 Å². The first-order chi connectivity index (χ1) is 10.9. The number of carboxylic acids is 1. The number of nitrogens with zero attached hydrogens (tertiary/aromatic N) is 2. The molecular weight excluding hydrogens is 294 g/mol. The molecule has 0 saturated heterocycles. The Labute approximate surface area is 132 Å². The molecule has 0 fully saturated rings. The highest BCUT2D eigenvalue weighted by atomic mass is 16.4. The summed E-state index contributed by atoms with van der Waals surface area (Å²) in [6.07, 6.45) is 2.31. The average Bonchev–Trinajstić information content (AvgIpc) is 2.81. The van der Waals surface area contributed by atoms with Gasteiger partial charge >= 0.3 is 5.97 Å². The fourth-order valence-corrected chi connectivity index (χ4v) is 2.76. The third-order valence-corrected chi connectivity index (χ3v) is 4.13. The maximum Gasteiger partial charge on any atom is 0.341 e. The summed E-state index contributed by atoms with van der Waals surface area (Å²) in [4.78, 5) is 30.3. The molecule has 118 valence electrons. The van der Waals surface area contributed by atoms with E-state index in [-0.39, 0.29) is 5.56 Å². The number of hydrogen-bond donors (Lipinski definition) is 2. The molecule has 0 saturated carbocycles. The molecule has 0 aliphatic rings. The van der Waals surface area contributed by atoms with Crippen LogP contribution in [0, 0.1) is 6.92 Å². The zero-order valence-electron chi connectivity index (χ0n) is 13.2. The van der Waals surface area contributed by atoms with E-state index in [4.69, 9.17) is 5.11 Å². The number of aryl methyl sites for hydroxylation is 3. The van der Waals surface area contributed by atoms with Crippen LogP contribution in [0.5, 0.6) is 0 Å². The Morgan fingerprint density at radius 3 is 2.74 bits per heavy atom. The Balaban J connectivity index is 2.23. The molecule has 2 N–H and O–H groups in total. The summed E-state index contributed by atoms with van der Waals surface area (Å²) in [7, 11) is 1.95. The summed E-state index contributed by atoms with van der Waals surface area (Å²) in [5.41, 5.74) is 3.29. The number of aromatic amines is 1. The van der Waals surface area contributed by atoms with E-state index in [9.17, 15) is 9.59 Å². The molecular formula is C17H17N3O3. The van der Waals surface area contributed by atoms with Crippen molar-refractivity contribution in [3.05, 3.63) is 51.6 Å². The molecule has 0 radical (unpaired) electrons. The van der Waals surface area contributed by atoms with Gasteiger partial charge in [-0.3, -0.25) is 4.79 Å². The van der Waals surface area contributed by atoms with Crippen LogP contribution in [-0.2, 0) is 13.5 Å². The smallest absolute Gasteiger partial charge is 0.341 e. The summed E-state index contributed by atoms with van der Waals surface area (Å²) in [5.74, 6) is -1.22. The maximum absolute atomic E-state index is 12.0. The zero-order chi connectivity index (χ0) is 16.7. The van der Waals surface area contributed by atoms with E-state index in [0.717, 1.165) is 27.9 Å². The van der Waals surface area contributed by atoms with E-state index in [2.05, 4.69) is 9.97 Å². The van der Waals surface area contributed by atoms with Crippen molar-refractivity contribution in [1.29, 1.82) is 0 Å². The minimum atomic E-state index is -1.22. The molecule has 3 aromatic heterocycles. The topological polar surface area (TPSA) is 88.0 Å². The Morgan fingerprint density at radius 1 is 1.35 bits per heavy atom. The monoisotopic (exact) mass is 311 g/mol. The minimum absolute atomic E-state index is 0.241. The second kappa shape index (κ2) is 5.39. The molecule has 0 aromatic carbocycles. The van der Waals surface area contributed by atoms with Crippen LogP contribution in [0.15, 0.2) is 29.2 Å². The first kappa shape index (κ1) is 15.0. The lowest BCUT2D eigenvalue weighted by atomic mass is 10.0. The number of nitrogens with one attached hydrogen (secondary N) is 1. The van der Waals surface area contributed by atoms with Crippen LogP contribution in [-0.4, -0.2) is 25.6 Å². The number of pyridine rings is 2. The quantitative estimate of drug-likeness (QED) is 0.778. The molecule has 0 spiro atoms. The third-order valence-electron chi connectivity index (χ3n) is 4.13. The van der Waals surface area contributed by atoms with Crippen LogP contribution < -0.4 is 5.56 Å². The molecule has 6 nitrogen and oxygen atoms in total. The molecule has 6 heteroatoms. The van der Waals surface area contributed by atoms with Gasteiger partial charge in [-0.05, 0) is 37.1 Å². The van der Waals surface area contributed by atoms with Crippen LogP contribution >= 0.6 is 0 Å². The van der Waals surface area contributed by atoms with Gasteiger partial charge in [-0.15, -0.1) is 0 Å². The van der Waals surface area contributed by atoms with Crippen molar-refractivity contribution in [1.82, 2.24) is 14.5 Å². The highest BCUT2D eigenvalue weighted by Crippen LogP contribution is 2.25. The van der Waals surface area contributed by atoms with E-state index in [1.807, 2.05) is 37.6 Å². The largest absolute Gasteiger partial charge is 0.477 e. The van der Waals surface area contributed by atoms with Gasteiger partial charge in [0.15, 0.2) is 0 Å². The predicted molar refractivity (Wildman–Crippen MR) is 87.8 cm³/mol. The molecule has 0 unspecified atom stereocenters. The van der Waals surface area contributed by atoms with Crippen molar-refractivity contribution in [3.8, 4) is 11.3 Å². The van der Waals surface area contributed by atoms with Gasteiger partial charge < -0.3 is 14.7 Å². The number of hydrogen-bond acceptors (Lipinski definition) is 3. The normalized spacial score (nSPS) is 11.1. The minimum Gasteiger partial charge on any atom is -0.477 e. The first-order valence-corrected chi connectivity index (χ1v) is 7.34. The van der Waals surface area contributed by atoms with Crippen molar-refractivity contribution in [3.63, 3.8) is 0 Å².